The van der Waals surface area contributed by atoms with Gasteiger partial charge < -0.3 is 5.32 Å². The predicted octanol–water partition coefficient (Wildman–Crippen LogP) is 3.37. The number of amidine groups is 1. The number of nitrogens with zero attached hydrogens (tertiary/aromatic N) is 1. The Morgan fingerprint density at radius 3 is 2.67 bits per heavy atom. The summed E-state index contributed by atoms with van der Waals surface area (Å²) >= 11 is 1.82. The maximum absolute atomic E-state index is 4.60. The van der Waals surface area contributed by atoms with Gasteiger partial charge in [-0.1, -0.05) is 36.9 Å². The molecule has 80 valence electrons. The summed E-state index contributed by atoms with van der Waals surface area (Å²) in [5.74, 6) is 0. The van der Waals surface area contributed by atoms with Gasteiger partial charge in [-0.15, -0.1) is 0 Å². The van der Waals surface area contributed by atoms with Gasteiger partial charge in [-0.2, -0.15) is 0 Å². The molecule has 0 saturated carbocycles. The summed E-state index contributed by atoms with van der Waals surface area (Å²) in [5.41, 5.74) is 1.12. The van der Waals surface area contributed by atoms with Crippen LogP contribution in [0.2, 0.25) is 0 Å². The maximum atomic E-state index is 4.60. The lowest BCUT2D eigenvalue weighted by molar-refractivity contribution is 0.661. The number of nitrogens with one attached hydrogen (secondary N) is 1. The molecule has 1 N–H and O–H groups in total. The van der Waals surface area contributed by atoms with E-state index in [9.17, 15) is 0 Å². The topological polar surface area (TPSA) is 24.4 Å². The van der Waals surface area contributed by atoms with E-state index in [-0.39, 0.29) is 0 Å². The first-order valence-electron chi connectivity index (χ1n) is 5.30. The smallest absolute Gasteiger partial charge is 0.161 e. The van der Waals surface area contributed by atoms with E-state index in [1.165, 1.54) is 6.42 Å². The van der Waals surface area contributed by atoms with E-state index in [1.807, 2.05) is 30.0 Å². The van der Waals surface area contributed by atoms with E-state index in [0.717, 1.165) is 10.9 Å². The average Bonchev–Trinajstić information content (AvgIpc) is 2.17. The second-order valence-electron chi connectivity index (χ2n) is 3.94. The summed E-state index contributed by atoms with van der Waals surface area (Å²) in [4.78, 5) is 4.60. The zero-order valence-electron chi connectivity index (χ0n) is 9.10. The van der Waals surface area contributed by atoms with Gasteiger partial charge in [0.2, 0.25) is 0 Å². The minimum absolute atomic E-state index is 0.437. The fourth-order valence-electron chi connectivity index (χ4n) is 1.71. The summed E-state index contributed by atoms with van der Waals surface area (Å²) in [6.07, 6.45) is 1.17. The van der Waals surface area contributed by atoms with Crippen molar-refractivity contribution in [1.82, 2.24) is 0 Å². The summed E-state index contributed by atoms with van der Waals surface area (Å²) < 4.78 is 0. The van der Waals surface area contributed by atoms with E-state index in [2.05, 4.69) is 36.3 Å². The second-order valence-corrected chi connectivity index (χ2v) is 5.37. The van der Waals surface area contributed by atoms with Crippen LogP contribution in [0.15, 0.2) is 35.3 Å². The Morgan fingerprint density at radius 1 is 1.27 bits per heavy atom. The van der Waals surface area contributed by atoms with Crippen molar-refractivity contribution < 1.29 is 0 Å². The molecule has 15 heavy (non-hydrogen) atoms. The van der Waals surface area contributed by atoms with Crippen LogP contribution in [0, 0.1) is 0 Å². The van der Waals surface area contributed by atoms with Crippen LogP contribution in [0.1, 0.15) is 20.3 Å². The SMILES string of the molecule is CC1CC(C)SC(Nc2ccccc2)=N1. The average molecular weight is 220 g/mol. The molecule has 0 amide bonds. The second kappa shape index (κ2) is 4.71. The molecule has 1 heterocycles. The number of hydrogen-bond donors (Lipinski definition) is 1. The normalized spacial score (nSPS) is 25.9. The highest BCUT2D eigenvalue weighted by atomic mass is 32.2. The number of thioether (sulfide) groups is 1. The maximum Gasteiger partial charge on any atom is 0.161 e. The van der Waals surface area contributed by atoms with Crippen LogP contribution < -0.4 is 5.32 Å². The molecule has 0 fully saturated rings. The van der Waals surface area contributed by atoms with Crippen molar-refractivity contribution in [3.05, 3.63) is 30.3 Å². The fourth-order valence-corrected chi connectivity index (χ4v) is 2.88. The summed E-state index contributed by atoms with van der Waals surface area (Å²) in [6.45, 7) is 4.42. The molecule has 0 aliphatic carbocycles. The Labute approximate surface area is 95.2 Å². The van der Waals surface area contributed by atoms with Gasteiger partial charge in [0.05, 0.1) is 6.04 Å². The van der Waals surface area contributed by atoms with Gasteiger partial charge in [-0.25, -0.2) is 0 Å². The molecule has 1 aromatic carbocycles. The number of hydrogen-bond acceptors (Lipinski definition) is 3. The monoisotopic (exact) mass is 220 g/mol. The first-order valence-corrected chi connectivity index (χ1v) is 6.18. The minimum atomic E-state index is 0.437. The number of para-hydroxylation sites is 1. The molecule has 2 rings (SSSR count). The van der Waals surface area contributed by atoms with Crippen molar-refractivity contribution in [2.24, 2.45) is 4.99 Å². The van der Waals surface area contributed by atoms with Crippen LogP contribution in [0.3, 0.4) is 0 Å². The number of aliphatic imine (C=N–C) groups is 1. The molecule has 0 bridgehead atoms. The molecule has 0 saturated heterocycles. The lowest BCUT2D eigenvalue weighted by Crippen LogP contribution is -2.22. The summed E-state index contributed by atoms with van der Waals surface area (Å²) in [5, 5.41) is 5.06. The van der Waals surface area contributed by atoms with E-state index in [4.69, 9.17) is 0 Å². The molecule has 1 aliphatic heterocycles. The van der Waals surface area contributed by atoms with Crippen molar-refractivity contribution in [1.29, 1.82) is 0 Å². The molecule has 2 atom stereocenters. The van der Waals surface area contributed by atoms with E-state index in [1.54, 1.807) is 0 Å². The zero-order chi connectivity index (χ0) is 10.7. The van der Waals surface area contributed by atoms with Crippen LogP contribution >= 0.6 is 11.8 Å². The Hall–Kier alpha value is -0.960. The van der Waals surface area contributed by atoms with Crippen molar-refractivity contribution in [2.75, 3.05) is 5.32 Å². The third kappa shape index (κ3) is 2.99. The largest absolute Gasteiger partial charge is 0.335 e. The van der Waals surface area contributed by atoms with Crippen LogP contribution in [-0.4, -0.2) is 16.5 Å². The molecule has 0 radical (unpaired) electrons. The molecule has 1 aliphatic rings. The molecule has 0 aromatic heterocycles. The molecule has 2 unspecified atom stereocenters. The Kier molecular flexibility index (Phi) is 3.31. The van der Waals surface area contributed by atoms with Crippen molar-refractivity contribution in [3.63, 3.8) is 0 Å². The third-order valence-corrected chi connectivity index (χ3v) is 3.37. The van der Waals surface area contributed by atoms with Crippen molar-refractivity contribution >= 4 is 22.6 Å². The summed E-state index contributed by atoms with van der Waals surface area (Å²) in [6, 6.07) is 10.6. The molecule has 0 spiro atoms. The summed E-state index contributed by atoms with van der Waals surface area (Å²) in [7, 11) is 0. The fraction of sp³-hybridized carbons (Fsp3) is 0.417. The highest BCUT2D eigenvalue weighted by Gasteiger charge is 2.18. The minimum Gasteiger partial charge on any atom is -0.335 e. The van der Waals surface area contributed by atoms with Gasteiger partial charge in [0.1, 0.15) is 0 Å². The van der Waals surface area contributed by atoms with Crippen LogP contribution in [0.5, 0.6) is 0 Å². The van der Waals surface area contributed by atoms with E-state index in [0.29, 0.717) is 11.3 Å². The molecular formula is C12H16N2S. The lowest BCUT2D eigenvalue weighted by Gasteiger charge is -2.22. The first-order chi connectivity index (χ1) is 7.24. The van der Waals surface area contributed by atoms with Gasteiger partial charge in [0.25, 0.3) is 0 Å². The number of anilines is 1. The third-order valence-electron chi connectivity index (χ3n) is 2.35. The van der Waals surface area contributed by atoms with Crippen LogP contribution in [-0.2, 0) is 0 Å². The van der Waals surface area contributed by atoms with Crippen LogP contribution in [0.4, 0.5) is 5.69 Å². The highest BCUT2D eigenvalue weighted by Crippen LogP contribution is 2.25. The Bertz CT molecular complexity index is 348. The molecular weight excluding hydrogens is 204 g/mol. The van der Waals surface area contributed by atoms with E-state index < -0.39 is 0 Å². The first kappa shape index (κ1) is 10.6. The van der Waals surface area contributed by atoms with Gasteiger partial charge >= 0.3 is 0 Å². The van der Waals surface area contributed by atoms with E-state index >= 15 is 0 Å². The number of benzene rings is 1. The van der Waals surface area contributed by atoms with Gasteiger partial charge in [0.15, 0.2) is 5.17 Å². The van der Waals surface area contributed by atoms with Crippen molar-refractivity contribution in [3.8, 4) is 0 Å². The standard InChI is InChI=1S/C12H16N2S/c1-9-8-10(2)15-12(13-9)14-11-6-4-3-5-7-11/h3-7,9-10H,8H2,1-2H3,(H,13,14). The quantitative estimate of drug-likeness (QED) is 0.784. The molecule has 2 nitrogen and oxygen atoms in total. The number of rotatable bonds is 1. The Balaban J connectivity index is 2.06. The molecule has 3 heteroatoms. The Morgan fingerprint density at radius 2 is 2.00 bits per heavy atom. The van der Waals surface area contributed by atoms with Gasteiger partial charge in [-0.05, 0) is 25.5 Å². The lowest BCUT2D eigenvalue weighted by atomic mass is 10.2. The predicted molar refractivity (Wildman–Crippen MR) is 68.6 cm³/mol. The van der Waals surface area contributed by atoms with Gasteiger partial charge in [-0.3, -0.25) is 4.99 Å². The highest BCUT2D eigenvalue weighted by molar-refractivity contribution is 8.14. The zero-order valence-corrected chi connectivity index (χ0v) is 9.92. The van der Waals surface area contributed by atoms with Crippen LogP contribution in [0.25, 0.3) is 0 Å². The molecule has 1 aromatic rings. The van der Waals surface area contributed by atoms with Crippen molar-refractivity contribution in [2.45, 2.75) is 31.6 Å². The van der Waals surface area contributed by atoms with Gasteiger partial charge in [0, 0.05) is 10.9 Å².